The van der Waals surface area contributed by atoms with Crippen LogP contribution in [0.1, 0.15) is 66.7 Å². The topological polar surface area (TPSA) is 61.8 Å². The number of carbonyl (C=O) groups excluding carboxylic acids is 1. The van der Waals surface area contributed by atoms with Gasteiger partial charge in [0.25, 0.3) is 5.91 Å². The van der Waals surface area contributed by atoms with Gasteiger partial charge in [-0.2, -0.15) is 13.2 Å². The summed E-state index contributed by atoms with van der Waals surface area (Å²) in [6.45, 7) is 10.9. The zero-order valence-electron chi connectivity index (χ0n) is 24.4. The smallest absolute Gasteiger partial charge is 0.376 e. The van der Waals surface area contributed by atoms with Crippen molar-refractivity contribution < 1.29 is 22.7 Å². The van der Waals surface area contributed by atoms with E-state index in [0.29, 0.717) is 37.3 Å². The molecule has 0 N–H and O–H groups in total. The predicted octanol–water partition coefficient (Wildman–Crippen LogP) is 5.35. The number of pyridine rings is 2. The highest BCUT2D eigenvalue weighted by Gasteiger charge is 2.45. The molecule has 1 unspecified atom stereocenters. The van der Waals surface area contributed by atoms with E-state index in [2.05, 4.69) is 33.6 Å². The zero-order valence-corrected chi connectivity index (χ0v) is 24.4. The number of hydrogen-bond donors (Lipinski definition) is 0. The number of rotatable bonds is 5. The first kappa shape index (κ1) is 29.0. The second-order valence-corrected chi connectivity index (χ2v) is 12.1. The normalized spacial score (nSPS) is 25.1. The van der Waals surface area contributed by atoms with Gasteiger partial charge in [0.1, 0.15) is 0 Å². The van der Waals surface area contributed by atoms with E-state index in [1.54, 1.807) is 24.5 Å². The molecule has 6 rings (SSSR count). The number of ether oxygens (including phenoxy) is 1. The first-order valence-corrected chi connectivity index (χ1v) is 14.9. The Morgan fingerprint density at radius 2 is 1.83 bits per heavy atom. The van der Waals surface area contributed by atoms with Gasteiger partial charge in [0, 0.05) is 75.1 Å². The zero-order chi connectivity index (χ0) is 29.6. The molecule has 0 bridgehead atoms. The first-order chi connectivity index (χ1) is 20.1. The lowest BCUT2D eigenvalue weighted by Crippen LogP contribution is -2.62. The lowest BCUT2D eigenvalue weighted by atomic mass is 9.86. The van der Waals surface area contributed by atoms with Crippen LogP contribution in [-0.4, -0.2) is 87.6 Å². The van der Waals surface area contributed by atoms with Crippen LogP contribution in [0.5, 0.6) is 0 Å². The Kier molecular flexibility index (Phi) is 7.74. The number of fused-ring (bicyclic) bond motifs is 2. The fraction of sp³-hybridized carbons (Fsp3) is 0.531. The van der Waals surface area contributed by atoms with Crippen molar-refractivity contribution in [2.45, 2.75) is 69.9 Å². The van der Waals surface area contributed by atoms with E-state index < -0.39 is 11.7 Å². The molecule has 1 amide bonds. The maximum absolute atomic E-state index is 13.5. The van der Waals surface area contributed by atoms with Gasteiger partial charge in [-0.05, 0) is 75.1 Å². The molecule has 1 aromatic carbocycles. The summed E-state index contributed by atoms with van der Waals surface area (Å²) in [5, 5.41) is 0.775. The number of likely N-dealkylation sites (tertiary alicyclic amines) is 1. The highest BCUT2D eigenvalue weighted by molar-refractivity contribution is 6.05. The van der Waals surface area contributed by atoms with Crippen LogP contribution in [0.4, 0.5) is 13.2 Å². The number of aromatic nitrogens is 2. The molecule has 3 aromatic rings. The number of nitrogens with zero attached hydrogens (tertiary/aromatic N) is 5. The average Bonchev–Trinajstić information content (AvgIpc) is 3.33. The third kappa shape index (κ3) is 5.29. The van der Waals surface area contributed by atoms with Crippen LogP contribution in [-0.2, 0) is 17.3 Å². The minimum atomic E-state index is -4.36. The van der Waals surface area contributed by atoms with Crippen LogP contribution in [0.15, 0.2) is 48.8 Å². The molecular formula is C32H38F3N5O2. The molecule has 2 aliphatic heterocycles. The Morgan fingerprint density at radius 3 is 2.55 bits per heavy atom. The van der Waals surface area contributed by atoms with E-state index in [9.17, 15) is 18.0 Å². The molecule has 10 heteroatoms. The molecule has 0 spiro atoms. The van der Waals surface area contributed by atoms with Gasteiger partial charge in [-0.3, -0.25) is 14.6 Å². The number of halogens is 3. The summed E-state index contributed by atoms with van der Waals surface area (Å²) in [5.41, 5.74) is 2.29. The van der Waals surface area contributed by atoms with Crippen molar-refractivity contribution in [1.29, 1.82) is 0 Å². The molecular weight excluding hydrogens is 543 g/mol. The van der Waals surface area contributed by atoms with Gasteiger partial charge in [0.05, 0.1) is 23.3 Å². The second kappa shape index (κ2) is 11.2. The van der Waals surface area contributed by atoms with E-state index in [0.717, 1.165) is 49.0 Å². The van der Waals surface area contributed by atoms with Gasteiger partial charge < -0.3 is 9.64 Å². The summed E-state index contributed by atoms with van der Waals surface area (Å²) in [5.74, 6) is 0.0196. The second-order valence-electron chi connectivity index (χ2n) is 12.1. The maximum atomic E-state index is 13.5. The number of benzene rings is 1. The van der Waals surface area contributed by atoms with Gasteiger partial charge in [0.15, 0.2) is 5.65 Å². The monoisotopic (exact) mass is 581 g/mol. The molecule has 0 saturated carbocycles. The fourth-order valence-electron chi connectivity index (χ4n) is 7.25. The van der Waals surface area contributed by atoms with Crippen molar-refractivity contribution in [1.82, 2.24) is 24.7 Å². The largest absolute Gasteiger partial charge is 0.416 e. The number of alkyl halides is 3. The van der Waals surface area contributed by atoms with Gasteiger partial charge in [-0.15, -0.1) is 0 Å². The quantitative estimate of drug-likeness (QED) is 0.405. The van der Waals surface area contributed by atoms with Crippen LogP contribution < -0.4 is 0 Å². The summed E-state index contributed by atoms with van der Waals surface area (Å²) in [4.78, 5) is 29.0. The third-order valence-corrected chi connectivity index (χ3v) is 9.62. The number of piperidine rings is 1. The van der Waals surface area contributed by atoms with Crippen molar-refractivity contribution in [3.63, 3.8) is 0 Å². The number of hydrogen-bond acceptors (Lipinski definition) is 6. The van der Waals surface area contributed by atoms with Crippen molar-refractivity contribution in [2.24, 2.45) is 0 Å². The molecule has 42 heavy (non-hydrogen) atoms. The van der Waals surface area contributed by atoms with Crippen LogP contribution in [0.25, 0.3) is 11.0 Å². The van der Waals surface area contributed by atoms with E-state index in [4.69, 9.17) is 4.74 Å². The number of carbonyl (C=O) groups is 1. The number of amides is 1. The van der Waals surface area contributed by atoms with E-state index >= 15 is 0 Å². The Balaban J connectivity index is 1.13. The summed E-state index contributed by atoms with van der Waals surface area (Å²) in [6.07, 6.45) is 1.06. The number of piperazine rings is 1. The lowest BCUT2D eigenvalue weighted by Gasteiger charge is -2.53. The molecule has 3 atom stereocenters. The van der Waals surface area contributed by atoms with Crippen LogP contribution >= 0.6 is 0 Å². The average molecular weight is 582 g/mol. The third-order valence-electron chi connectivity index (χ3n) is 9.62. The van der Waals surface area contributed by atoms with Gasteiger partial charge in [-0.25, -0.2) is 9.97 Å². The van der Waals surface area contributed by atoms with Crippen LogP contribution in [0.2, 0.25) is 0 Å². The SMILES string of the molecule is CCOC1Cc2cc(C(F)(F)F)ccc2[C@H]1N1CCN(C2(C)CCN(C(=O)c3ccnc4ncccc34)CC2)C[C@@H]1C. The molecule has 0 radical (unpaired) electrons. The van der Waals surface area contributed by atoms with Crippen molar-refractivity contribution >= 4 is 16.9 Å². The van der Waals surface area contributed by atoms with E-state index in [1.165, 1.54) is 12.1 Å². The predicted molar refractivity (Wildman–Crippen MR) is 154 cm³/mol. The highest BCUT2D eigenvalue weighted by Crippen LogP contribution is 2.43. The molecule has 1 aliphatic carbocycles. The Labute approximate surface area is 244 Å². The first-order valence-electron chi connectivity index (χ1n) is 14.9. The maximum Gasteiger partial charge on any atom is 0.416 e. The lowest BCUT2D eigenvalue weighted by molar-refractivity contribution is -0.137. The summed E-state index contributed by atoms with van der Waals surface area (Å²) in [7, 11) is 0. The highest BCUT2D eigenvalue weighted by atomic mass is 19.4. The molecule has 7 nitrogen and oxygen atoms in total. The van der Waals surface area contributed by atoms with Crippen molar-refractivity contribution in [3.05, 3.63) is 71.0 Å². The van der Waals surface area contributed by atoms with E-state index in [1.807, 2.05) is 24.0 Å². The standard InChI is InChI=1S/C32H38F3N5O2/c1-4-42-27-19-22-18-23(32(33,34)35)7-8-24(22)28(27)40-17-16-39(20-21(40)2)31(3)10-14-38(15-11-31)30(41)26-9-13-37-29-25(26)6-5-12-36-29/h5-9,12-13,18,21,27-28H,4,10-11,14-17,19-20H2,1-3H3/t21-,27?,28+/m0/s1. The van der Waals surface area contributed by atoms with Gasteiger partial charge in [0.2, 0.25) is 0 Å². The van der Waals surface area contributed by atoms with Crippen LogP contribution in [0, 0.1) is 0 Å². The van der Waals surface area contributed by atoms with Crippen LogP contribution in [0.3, 0.4) is 0 Å². The fourth-order valence-corrected chi connectivity index (χ4v) is 7.25. The van der Waals surface area contributed by atoms with Crippen molar-refractivity contribution in [2.75, 3.05) is 39.3 Å². The van der Waals surface area contributed by atoms with Gasteiger partial charge >= 0.3 is 6.18 Å². The Bertz CT molecular complexity index is 1450. The Hall–Kier alpha value is -3.08. The minimum absolute atomic E-state index is 0.0196. The molecule has 4 heterocycles. The molecule has 2 saturated heterocycles. The molecule has 2 aromatic heterocycles. The van der Waals surface area contributed by atoms with E-state index in [-0.39, 0.29) is 29.6 Å². The summed E-state index contributed by atoms with van der Waals surface area (Å²) in [6, 6.07) is 9.83. The minimum Gasteiger partial charge on any atom is -0.376 e. The molecule has 3 aliphatic rings. The molecule has 2 fully saturated rings. The van der Waals surface area contributed by atoms with Gasteiger partial charge in [-0.1, -0.05) is 6.07 Å². The summed E-state index contributed by atoms with van der Waals surface area (Å²) < 4.78 is 46.3. The Morgan fingerprint density at radius 1 is 1.07 bits per heavy atom. The summed E-state index contributed by atoms with van der Waals surface area (Å²) >= 11 is 0. The van der Waals surface area contributed by atoms with Crippen molar-refractivity contribution in [3.8, 4) is 0 Å². The molecule has 224 valence electrons.